The second kappa shape index (κ2) is 2.50. The molecule has 0 saturated heterocycles. The summed E-state index contributed by atoms with van der Waals surface area (Å²) in [6.45, 7) is 0.570. The Morgan fingerprint density at radius 1 is 1.67 bits per heavy atom. The predicted octanol–water partition coefficient (Wildman–Crippen LogP) is 0.416. The zero-order chi connectivity index (χ0) is 6.74. The van der Waals surface area contributed by atoms with Gasteiger partial charge >= 0.3 is 0 Å². The highest BCUT2D eigenvalue weighted by Crippen LogP contribution is 2.24. The molecule has 2 nitrogen and oxygen atoms in total. The molecule has 0 heterocycles. The van der Waals surface area contributed by atoms with Crippen LogP contribution in [0.5, 0.6) is 0 Å². The van der Waals surface area contributed by atoms with E-state index in [0.29, 0.717) is 13.0 Å². The molecule has 0 aromatic rings. The van der Waals surface area contributed by atoms with Gasteiger partial charge in [-0.15, -0.1) is 0 Å². The summed E-state index contributed by atoms with van der Waals surface area (Å²) in [4.78, 5) is 0. The molecule has 1 aliphatic carbocycles. The monoisotopic (exact) mass is 127 g/mol. The van der Waals surface area contributed by atoms with Gasteiger partial charge in [-0.3, -0.25) is 0 Å². The highest BCUT2D eigenvalue weighted by atomic mass is 16.3. The van der Waals surface area contributed by atoms with E-state index in [9.17, 15) is 5.11 Å². The first-order valence-electron chi connectivity index (χ1n) is 3.37. The minimum atomic E-state index is -0.561. The fourth-order valence-electron chi connectivity index (χ4n) is 1.18. The second-order valence-corrected chi connectivity index (χ2v) is 2.58. The van der Waals surface area contributed by atoms with Crippen LogP contribution in [0.15, 0.2) is 12.2 Å². The van der Waals surface area contributed by atoms with E-state index in [2.05, 4.69) is 0 Å². The molecule has 1 unspecified atom stereocenters. The van der Waals surface area contributed by atoms with Gasteiger partial charge in [-0.05, 0) is 25.8 Å². The van der Waals surface area contributed by atoms with Crippen LogP contribution in [-0.2, 0) is 0 Å². The zero-order valence-electron chi connectivity index (χ0n) is 5.51. The lowest BCUT2D eigenvalue weighted by atomic mass is 10.00. The van der Waals surface area contributed by atoms with Crippen LogP contribution in [0.4, 0.5) is 0 Å². The third-order valence-electron chi connectivity index (χ3n) is 1.75. The quantitative estimate of drug-likeness (QED) is 0.528. The van der Waals surface area contributed by atoms with Crippen LogP contribution in [0, 0.1) is 0 Å². The molecule has 0 fully saturated rings. The van der Waals surface area contributed by atoms with E-state index in [4.69, 9.17) is 5.73 Å². The summed E-state index contributed by atoms with van der Waals surface area (Å²) >= 11 is 0. The zero-order valence-corrected chi connectivity index (χ0v) is 5.51. The maximum atomic E-state index is 9.52. The predicted molar refractivity (Wildman–Crippen MR) is 37.0 cm³/mol. The Labute approximate surface area is 55.4 Å². The molecule has 0 saturated carbocycles. The van der Waals surface area contributed by atoms with Gasteiger partial charge in [0.1, 0.15) is 0 Å². The van der Waals surface area contributed by atoms with Gasteiger partial charge < -0.3 is 10.8 Å². The summed E-state index contributed by atoms with van der Waals surface area (Å²) in [6, 6.07) is 0. The van der Waals surface area contributed by atoms with Gasteiger partial charge in [-0.1, -0.05) is 12.2 Å². The Hall–Kier alpha value is -0.340. The van der Waals surface area contributed by atoms with E-state index in [0.717, 1.165) is 12.8 Å². The van der Waals surface area contributed by atoms with Crippen LogP contribution in [0.25, 0.3) is 0 Å². The molecular formula is C7H13NO. The van der Waals surface area contributed by atoms with Crippen molar-refractivity contribution in [3.05, 3.63) is 12.2 Å². The van der Waals surface area contributed by atoms with Crippen LogP contribution < -0.4 is 5.73 Å². The van der Waals surface area contributed by atoms with Crippen LogP contribution in [0.3, 0.4) is 0 Å². The standard InChI is InChI=1S/C7H13NO/c8-6-5-7(9)3-1-2-4-7/h1,3,9H,2,4-6,8H2. The number of aliphatic hydroxyl groups is 1. The average molecular weight is 127 g/mol. The Balaban J connectivity index is 2.42. The molecule has 0 aliphatic heterocycles. The first-order valence-corrected chi connectivity index (χ1v) is 3.37. The Kier molecular flexibility index (Phi) is 1.88. The second-order valence-electron chi connectivity index (χ2n) is 2.58. The van der Waals surface area contributed by atoms with Gasteiger partial charge in [-0.2, -0.15) is 0 Å². The molecular weight excluding hydrogens is 114 g/mol. The molecule has 9 heavy (non-hydrogen) atoms. The van der Waals surface area contributed by atoms with Crippen LogP contribution in [0.1, 0.15) is 19.3 Å². The van der Waals surface area contributed by atoms with Gasteiger partial charge in [0.15, 0.2) is 0 Å². The van der Waals surface area contributed by atoms with Gasteiger partial charge in [0, 0.05) is 0 Å². The number of allylic oxidation sites excluding steroid dienone is 1. The van der Waals surface area contributed by atoms with E-state index in [1.807, 2.05) is 12.2 Å². The first-order chi connectivity index (χ1) is 4.27. The lowest BCUT2D eigenvalue weighted by molar-refractivity contribution is 0.0841. The number of rotatable bonds is 2. The lowest BCUT2D eigenvalue weighted by Crippen LogP contribution is -2.26. The van der Waals surface area contributed by atoms with Crippen molar-refractivity contribution in [2.45, 2.75) is 24.9 Å². The van der Waals surface area contributed by atoms with Crippen molar-refractivity contribution < 1.29 is 5.11 Å². The molecule has 3 N–H and O–H groups in total. The van der Waals surface area contributed by atoms with Crippen molar-refractivity contribution >= 4 is 0 Å². The molecule has 2 heteroatoms. The average Bonchev–Trinajstić information content (AvgIpc) is 2.16. The minimum absolute atomic E-state index is 0.561. The van der Waals surface area contributed by atoms with Crippen LogP contribution >= 0.6 is 0 Å². The summed E-state index contributed by atoms with van der Waals surface area (Å²) in [5.41, 5.74) is 4.74. The summed E-state index contributed by atoms with van der Waals surface area (Å²) < 4.78 is 0. The smallest absolute Gasteiger partial charge is 0.0842 e. The van der Waals surface area contributed by atoms with Crippen molar-refractivity contribution in [3.63, 3.8) is 0 Å². The van der Waals surface area contributed by atoms with E-state index < -0.39 is 5.60 Å². The minimum Gasteiger partial charge on any atom is -0.386 e. The molecule has 1 rings (SSSR count). The van der Waals surface area contributed by atoms with E-state index in [-0.39, 0.29) is 0 Å². The van der Waals surface area contributed by atoms with Crippen molar-refractivity contribution in [1.29, 1.82) is 0 Å². The maximum absolute atomic E-state index is 9.52. The molecule has 0 radical (unpaired) electrons. The van der Waals surface area contributed by atoms with Gasteiger partial charge in [0.05, 0.1) is 5.60 Å². The van der Waals surface area contributed by atoms with Crippen LogP contribution in [0.2, 0.25) is 0 Å². The largest absolute Gasteiger partial charge is 0.386 e. The Morgan fingerprint density at radius 3 is 2.89 bits per heavy atom. The van der Waals surface area contributed by atoms with Crippen molar-refractivity contribution in [2.75, 3.05) is 6.54 Å². The Bertz CT molecular complexity index is 122. The molecule has 0 aromatic heterocycles. The molecule has 0 bridgehead atoms. The molecule has 52 valence electrons. The third-order valence-corrected chi connectivity index (χ3v) is 1.75. The number of hydrogen-bond donors (Lipinski definition) is 2. The maximum Gasteiger partial charge on any atom is 0.0842 e. The normalized spacial score (nSPS) is 33.6. The molecule has 0 aromatic carbocycles. The van der Waals surface area contributed by atoms with Crippen molar-refractivity contribution in [2.24, 2.45) is 5.73 Å². The summed E-state index contributed by atoms with van der Waals surface area (Å²) in [5.74, 6) is 0. The summed E-state index contributed by atoms with van der Waals surface area (Å²) in [7, 11) is 0. The van der Waals surface area contributed by atoms with E-state index in [1.165, 1.54) is 0 Å². The molecule has 0 spiro atoms. The molecule has 1 atom stereocenters. The summed E-state index contributed by atoms with van der Waals surface area (Å²) in [6.07, 6.45) is 6.42. The van der Waals surface area contributed by atoms with E-state index >= 15 is 0 Å². The third kappa shape index (κ3) is 1.53. The van der Waals surface area contributed by atoms with Crippen LogP contribution in [-0.4, -0.2) is 17.3 Å². The Morgan fingerprint density at radius 2 is 2.44 bits per heavy atom. The lowest BCUT2D eigenvalue weighted by Gasteiger charge is -2.18. The number of nitrogens with two attached hydrogens (primary N) is 1. The van der Waals surface area contributed by atoms with Crippen molar-refractivity contribution in [3.8, 4) is 0 Å². The van der Waals surface area contributed by atoms with Gasteiger partial charge in [-0.25, -0.2) is 0 Å². The fraction of sp³-hybridized carbons (Fsp3) is 0.714. The topological polar surface area (TPSA) is 46.2 Å². The van der Waals surface area contributed by atoms with Gasteiger partial charge in [0.2, 0.25) is 0 Å². The molecule has 0 amide bonds. The van der Waals surface area contributed by atoms with Gasteiger partial charge in [0.25, 0.3) is 0 Å². The van der Waals surface area contributed by atoms with Crippen molar-refractivity contribution in [1.82, 2.24) is 0 Å². The first kappa shape index (κ1) is 6.78. The molecule has 1 aliphatic rings. The summed E-state index contributed by atoms with van der Waals surface area (Å²) in [5, 5.41) is 9.52. The fourth-order valence-corrected chi connectivity index (χ4v) is 1.18. The highest BCUT2D eigenvalue weighted by Gasteiger charge is 2.24. The van der Waals surface area contributed by atoms with E-state index in [1.54, 1.807) is 0 Å². The number of hydrogen-bond acceptors (Lipinski definition) is 2. The highest BCUT2D eigenvalue weighted by molar-refractivity contribution is 5.07. The SMILES string of the molecule is NCCC1(O)C=CCC1.